The first-order chi connectivity index (χ1) is 7.68. The van der Waals surface area contributed by atoms with Gasteiger partial charge in [-0.15, -0.1) is 10.2 Å². The summed E-state index contributed by atoms with van der Waals surface area (Å²) in [6.07, 6.45) is 0. The Kier molecular flexibility index (Phi) is 3.50. The fraction of sp³-hybridized carbons (Fsp3) is 0. The highest BCUT2D eigenvalue weighted by molar-refractivity contribution is 14.1. The van der Waals surface area contributed by atoms with E-state index in [1.165, 1.54) is 0 Å². The molecule has 0 aliphatic heterocycles. The molecule has 80 valence electrons. The number of carbonyl (C=O) groups is 1. The molecule has 0 fully saturated rings. The van der Waals surface area contributed by atoms with E-state index in [0.717, 1.165) is 0 Å². The van der Waals surface area contributed by atoms with Gasteiger partial charge in [-0.2, -0.15) is 0 Å². The first-order valence-corrected chi connectivity index (χ1v) is 5.92. The van der Waals surface area contributed by atoms with Crippen molar-refractivity contribution in [2.24, 2.45) is 0 Å². The van der Waals surface area contributed by atoms with Crippen molar-refractivity contribution in [3.63, 3.8) is 0 Å². The molecule has 1 heterocycles. The van der Waals surface area contributed by atoms with Gasteiger partial charge in [-0.1, -0.05) is 41.9 Å². The van der Waals surface area contributed by atoms with Crippen molar-refractivity contribution in [1.82, 2.24) is 10.2 Å². The lowest BCUT2D eigenvalue weighted by atomic mass is 10.1. The van der Waals surface area contributed by atoms with Gasteiger partial charge in [-0.05, 0) is 28.7 Å². The molecule has 0 aliphatic carbocycles. The van der Waals surface area contributed by atoms with Crippen LogP contribution in [0.1, 0.15) is 15.9 Å². The van der Waals surface area contributed by atoms with Gasteiger partial charge in [-0.3, -0.25) is 4.79 Å². The van der Waals surface area contributed by atoms with Crippen molar-refractivity contribution in [1.29, 1.82) is 0 Å². The summed E-state index contributed by atoms with van der Waals surface area (Å²) in [5, 5.41) is 7.61. The number of benzene rings is 1. The van der Waals surface area contributed by atoms with E-state index in [4.69, 9.17) is 11.6 Å². The van der Waals surface area contributed by atoms with E-state index in [-0.39, 0.29) is 10.9 Å². The summed E-state index contributed by atoms with van der Waals surface area (Å²) >= 11 is 7.83. The quantitative estimate of drug-likeness (QED) is 0.621. The maximum absolute atomic E-state index is 12.1. The lowest BCUT2D eigenvalue weighted by molar-refractivity contribution is 0.103. The number of rotatable bonds is 2. The van der Waals surface area contributed by atoms with Gasteiger partial charge < -0.3 is 0 Å². The molecule has 0 amide bonds. The topological polar surface area (TPSA) is 42.9 Å². The normalized spacial score (nSPS) is 10.1. The first-order valence-electron chi connectivity index (χ1n) is 4.47. The lowest BCUT2D eigenvalue weighted by Gasteiger charge is -2.02. The van der Waals surface area contributed by atoms with Crippen molar-refractivity contribution in [3.8, 4) is 0 Å². The van der Waals surface area contributed by atoms with Crippen LogP contribution in [0.2, 0.25) is 5.15 Å². The number of hydrogen-bond donors (Lipinski definition) is 0. The minimum absolute atomic E-state index is 0.134. The third-order valence-electron chi connectivity index (χ3n) is 2.00. The van der Waals surface area contributed by atoms with Gasteiger partial charge in [0.2, 0.25) is 0 Å². The molecule has 3 nitrogen and oxygen atoms in total. The minimum atomic E-state index is -0.140. The molecular weight excluding hydrogens is 338 g/mol. The maximum Gasteiger partial charge on any atom is 0.196 e. The summed E-state index contributed by atoms with van der Waals surface area (Å²) in [5.74, 6) is -0.140. The highest BCUT2D eigenvalue weighted by Gasteiger charge is 2.14. The first kappa shape index (κ1) is 11.5. The van der Waals surface area contributed by atoms with Crippen LogP contribution in [0.4, 0.5) is 0 Å². The van der Waals surface area contributed by atoms with Gasteiger partial charge in [0.25, 0.3) is 0 Å². The summed E-state index contributed by atoms with van der Waals surface area (Å²) in [6, 6.07) is 10.6. The fourth-order valence-corrected chi connectivity index (χ4v) is 1.85. The van der Waals surface area contributed by atoms with Gasteiger partial charge in [-0.25, -0.2) is 0 Å². The van der Waals surface area contributed by atoms with E-state index in [1.54, 1.807) is 30.3 Å². The van der Waals surface area contributed by atoms with Crippen LogP contribution < -0.4 is 0 Å². The van der Waals surface area contributed by atoms with E-state index in [2.05, 4.69) is 10.2 Å². The van der Waals surface area contributed by atoms with Crippen LogP contribution in [0.3, 0.4) is 0 Å². The molecule has 0 atom stereocenters. The molecule has 0 N–H and O–H groups in total. The summed E-state index contributed by atoms with van der Waals surface area (Å²) in [7, 11) is 0. The number of aromatic nitrogens is 2. The highest BCUT2D eigenvalue weighted by Crippen LogP contribution is 2.17. The van der Waals surface area contributed by atoms with E-state index in [0.29, 0.717) is 14.8 Å². The van der Waals surface area contributed by atoms with Crippen molar-refractivity contribution in [2.75, 3.05) is 0 Å². The molecule has 1 aromatic carbocycles. The summed E-state index contributed by atoms with van der Waals surface area (Å²) in [4.78, 5) is 12.1. The second kappa shape index (κ2) is 4.88. The Balaban J connectivity index is 2.46. The standard InChI is InChI=1S/C11H6ClIN2O/c12-11-8(6-9(13)14-15-11)10(16)7-4-2-1-3-5-7/h1-6H. The molecule has 16 heavy (non-hydrogen) atoms. The second-order valence-corrected chi connectivity index (χ2v) is 4.53. The van der Waals surface area contributed by atoms with Crippen LogP contribution in [0, 0.1) is 3.70 Å². The lowest BCUT2D eigenvalue weighted by Crippen LogP contribution is -2.04. The van der Waals surface area contributed by atoms with Crippen LogP contribution in [0.5, 0.6) is 0 Å². The van der Waals surface area contributed by atoms with Crippen molar-refractivity contribution < 1.29 is 4.79 Å². The fourth-order valence-electron chi connectivity index (χ4n) is 1.26. The Morgan fingerprint density at radius 1 is 1.19 bits per heavy atom. The van der Waals surface area contributed by atoms with E-state index in [1.807, 2.05) is 28.7 Å². The summed E-state index contributed by atoms with van der Waals surface area (Å²) in [6.45, 7) is 0. The third kappa shape index (κ3) is 2.38. The van der Waals surface area contributed by atoms with Crippen molar-refractivity contribution in [2.45, 2.75) is 0 Å². The summed E-state index contributed by atoms with van der Waals surface area (Å²) < 4.78 is 0.640. The predicted molar refractivity (Wildman–Crippen MR) is 69.6 cm³/mol. The zero-order chi connectivity index (χ0) is 11.5. The van der Waals surface area contributed by atoms with Gasteiger partial charge in [0.05, 0.1) is 5.56 Å². The smallest absolute Gasteiger partial charge is 0.196 e. The molecule has 0 aliphatic rings. The number of halogens is 2. The monoisotopic (exact) mass is 344 g/mol. The molecule has 2 rings (SSSR count). The summed E-state index contributed by atoms with van der Waals surface area (Å²) in [5.41, 5.74) is 0.973. The van der Waals surface area contributed by atoms with E-state index < -0.39 is 0 Å². The molecule has 0 unspecified atom stereocenters. The molecule has 5 heteroatoms. The Morgan fingerprint density at radius 3 is 2.56 bits per heavy atom. The number of hydrogen-bond acceptors (Lipinski definition) is 3. The maximum atomic E-state index is 12.1. The number of carbonyl (C=O) groups excluding carboxylic acids is 1. The van der Waals surface area contributed by atoms with Gasteiger partial charge in [0.1, 0.15) is 3.70 Å². The minimum Gasteiger partial charge on any atom is -0.288 e. The van der Waals surface area contributed by atoms with Gasteiger partial charge in [0, 0.05) is 5.56 Å². The Bertz CT molecular complexity index is 531. The Labute approximate surface area is 111 Å². The zero-order valence-corrected chi connectivity index (χ0v) is 10.9. The molecule has 1 aromatic heterocycles. The Morgan fingerprint density at radius 2 is 1.88 bits per heavy atom. The average molecular weight is 345 g/mol. The molecule has 0 bridgehead atoms. The van der Waals surface area contributed by atoms with Crippen LogP contribution in [-0.4, -0.2) is 16.0 Å². The number of ketones is 1. The highest BCUT2D eigenvalue weighted by atomic mass is 127. The molecular formula is C11H6ClIN2O. The predicted octanol–water partition coefficient (Wildman–Crippen LogP) is 2.97. The molecule has 0 saturated carbocycles. The Hall–Kier alpha value is -1.01. The molecule has 0 spiro atoms. The molecule has 2 aromatic rings. The van der Waals surface area contributed by atoms with Crippen LogP contribution in [0.25, 0.3) is 0 Å². The van der Waals surface area contributed by atoms with Crippen LogP contribution in [-0.2, 0) is 0 Å². The van der Waals surface area contributed by atoms with Gasteiger partial charge >= 0.3 is 0 Å². The molecule has 0 radical (unpaired) electrons. The number of nitrogens with zero attached hydrogens (tertiary/aromatic N) is 2. The average Bonchev–Trinajstić information content (AvgIpc) is 2.32. The zero-order valence-electron chi connectivity index (χ0n) is 8.02. The largest absolute Gasteiger partial charge is 0.288 e. The van der Waals surface area contributed by atoms with Crippen molar-refractivity contribution >= 4 is 40.0 Å². The van der Waals surface area contributed by atoms with E-state index >= 15 is 0 Å². The van der Waals surface area contributed by atoms with Crippen LogP contribution in [0.15, 0.2) is 36.4 Å². The van der Waals surface area contributed by atoms with Crippen LogP contribution >= 0.6 is 34.2 Å². The SMILES string of the molecule is O=C(c1ccccc1)c1cc(I)nnc1Cl. The second-order valence-electron chi connectivity index (χ2n) is 3.07. The third-order valence-corrected chi connectivity index (χ3v) is 2.81. The van der Waals surface area contributed by atoms with E-state index in [9.17, 15) is 4.79 Å². The molecule has 0 saturated heterocycles. The van der Waals surface area contributed by atoms with Crippen molar-refractivity contribution in [3.05, 3.63) is 56.4 Å². The van der Waals surface area contributed by atoms with Gasteiger partial charge in [0.15, 0.2) is 10.9 Å².